The van der Waals surface area contributed by atoms with Crippen molar-refractivity contribution in [3.05, 3.63) is 0 Å². The lowest BCUT2D eigenvalue weighted by molar-refractivity contribution is -0.333. The summed E-state index contributed by atoms with van der Waals surface area (Å²) in [6.45, 7) is 12.4. The average Bonchev–Trinajstić information content (AvgIpc) is 2.57. The molecule has 2 saturated carbocycles. The lowest BCUT2D eigenvalue weighted by Gasteiger charge is -2.65. The first-order chi connectivity index (χ1) is 12.3. The van der Waals surface area contributed by atoms with Gasteiger partial charge in [0.1, 0.15) is 0 Å². The molecule has 0 aromatic rings. The fourth-order valence-corrected chi connectivity index (χ4v) is 6.11. The number of amides is 1. The van der Waals surface area contributed by atoms with E-state index in [1.54, 1.807) is 0 Å². The van der Waals surface area contributed by atoms with Gasteiger partial charge in [0.2, 0.25) is 0 Å². The van der Waals surface area contributed by atoms with Crippen LogP contribution in [0.3, 0.4) is 0 Å². The van der Waals surface area contributed by atoms with Crippen molar-refractivity contribution >= 4 is 6.09 Å². The molecule has 2 rings (SSSR count). The van der Waals surface area contributed by atoms with Crippen molar-refractivity contribution in [3.63, 3.8) is 0 Å². The second-order valence-corrected chi connectivity index (χ2v) is 10.1. The van der Waals surface area contributed by atoms with Gasteiger partial charge in [0.05, 0.1) is 6.04 Å². The van der Waals surface area contributed by atoms with E-state index >= 15 is 0 Å². The molecule has 1 radical (unpaired) electrons. The SMILES string of the molecule is CC[C@@H](C)CC[C@H]1[C@@H](C)C(N(O)C([O])=O)C[C@H]2C(C)(C)CCC(O)(O)[C@]12C. The van der Waals surface area contributed by atoms with Crippen LogP contribution in [0.1, 0.15) is 80.1 Å². The summed E-state index contributed by atoms with van der Waals surface area (Å²) in [5.74, 6) is -1.72. The van der Waals surface area contributed by atoms with Gasteiger partial charge in [-0.1, -0.05) is 54.4 Å². The second kappa shape index (κ2) is 7.53. The standard InChI is InChI=1S/C21H38NO5/c1-7-13(2)8-9-15-14(3)16(22(27)18(23)24)12-17-19(4,5)10-11-21(25,26)20(15,17)6/h13-17,25-27H,7-12H2,1-6H3/t13-,14-,15+,16?,17+,20-/m1/s1. The molecule has 2 fully saturated rings. The summed E-state index contributed by atoms with van der Waals surface area (Å²) in [5, 5.41) is 44.0. The van der Waals surface area contributed by atoms with Gasteiger partial charge in [0.25, 0.3) is 0 Å². The highest BCUT2D eigenvalue weighted by Crippen LogP contribution is 2.65. The maximum atomic E-state index is 11.4. The van der Waals surface area contributed by atoms with Crippen LogP contribution in [-0.2, 0) is 5.11 Å². The fourth-order valence-electron chi connectivity index (χ4n) is 6.11. The van der Waals surface area contributed by atoms with E-state index in [1.165, 1.54) is 0 Å². The molecular weight excluding hydrogens is 346 g/mol. The highest BCUT2D eigenvalue weighted by Gasteiger charge is 2.66. The highest BCUT2D eigenvalue weighted by molar-refractivity contribution is 5.63. The van der Waals surface area contributed by atoms with Gasteiger partial charge < -0.3 is 10.2 Å². The minimum Gasteiger partial charge on any atom is -0.365 e. The van der Waals surface area contributed by atoms with Gasteiger partial charge >= 0.3 is 6.09 Å². The largest absolute Gasteiger partial charge is 0.476 e. The van der Waals surface area contributed by atoms with Crippen LogP contribution in [0.5, 0.6) is 0 Å². The van der Waals surface area contributed by atoms with Crippen molar-refractivity contribution in [3.8, 4) is 0 Å². The van der Waals surface area contributed by atoms with E-state index in [0.29, 0.717) is 30.2 Å². The third kappa shape index (κ3) is 3.73. The third-order valence-electron chi connectivity index (χ3n) is 8.31. The zero-order valence-corrected chi connectivity index (χ0v) is 17.7. The van der Waals surface area contributed by atoms with E-state index in [4.69, 9.17) is 0 Å². The molecule has 0 bridgehead atoms. The quantitative estimate of drug-likeness (QED) is 0.375. The molecule has 0 aromatic heterocycles. The minimum absolute atomic E-state index is 0.112. The van der Waals surface area contributed by atoms with E-state index in [0.717, 1.165) is 19.3 Å². The number of rotatable bonds is 5. The molecule has 157 valence electrons. The molecule has 6 heteroatoms. The first-order valence-corrected chi connectivity index (χ1v) is 10.4. The summed E-state index contributed by atoms with van der Waals surface area (Å²) in [5.41, 5.74) is -0.936. The van der Waals surface area contributed by atoms with Gasteiger partial charge in [-0.3, -0.25) is 5.21 Å². The van der Waals surface area contributed by atoms with Crippen molar-refractivity contribution in [1.82, 2.24) is 5.06 Å². The normalized spacial score (nSPS) is 38.7. The Kier molecular flexibility index (Phi) is 6.25. The molecule has 0 spiro atoms. The molecule has 2 aliphatic rings. The summed E-state index contributed by atoms with van der Waals surface area (Å²) in [6, 6.07) is -0.594. The number of aliphatic hydroxyl groups is 2. The van der Waals surface area contributed by atoms with Crippen molar-refractivity contribution in [2.75, 3.05) is 0 Å². The zero-order chi connectivity index (χ0) is 20.8. The lowest BCUT2D eigenvalue weighted by atomic mass is 9.43. The van der Waals surface area contributed by atoms with Crippen LogP contribution in [0, 0.1) is 34.5 Å². The van der Waals surface area contributed by atoms with Crippen LogP contribution >= 0.6 is 0 Å². The van der Waals surface area contributed by atoms with Crippen LogP contribution < -0.4 is 0 Å². The maximum absolute atomic E-state index is 11.4. The van der Waals surface area contributed by atoms with Gasteiger partial charge in [-0.25, -0.2) is 9.90 Å². The molecule has 0 aromatic carbocycles. The number of fused-ring (bicyclic) bond motifs is 1. The lowest BCUT2D eigenvalue weighted by Crippen LogP contribution is -2.68. The molecular formula is C21H38NO5. The van der Waals surface area contributed by atoms with Crippen molar-refractivity contribution < 1.29 is 25.3 Å². The smallest absolute Gasteiger partial charge is 0.365 e. The van der Waals surface area contributed by atoms with E-state index in [1.807, 2.05) is 13.8 Å². The van der Waals surface area contributed by atoms with Gasteiger partial charge in [-0.2, -0.15) is 5.06 Å². The fraction of sp³-hybridized carbons (Fsp3) is 0.952. The van der Waals surface area contributed by atoms with Gasteiger partial charge in [0, 0.05) is 11.8 Å². The van der Waals surface area contributed by atoms with Crippen LogP contribution in [0.2, 0.25) is 0 Å². The predicted molar refractivity (Wildman–Crippen MR) is 101 cm³/mol. The number of hydrogen-bond donors (Lipinski definition) is 3. The van der Waals surface area contributed by atoms with Crippen LogP contribution in [0.15, 0.2) is 0 Å². The summed E-state index contributed by atoms with van der Waals surface area (Å²) in [7, 11) is 0. The Morgan fingerprint density at radius 2 is 1.81 bits per heavy atom. The first kappa shape index (κ1) is 22.4. The number of carbonyl (C=O) groups excluding carboxylic acids is 1. The summed E-state index contributed by atoms with van der Waals surface area (Å²) >= 11 is 0. The Labute approximate surface area is 163 Å². The molecule has 1 unspecified atom stereocenters. The van der Waals surface area contributed by atoms with E-state index in [9.17, 15) is 25.3 Å². The van der Waals surface area contributed by atoms with Gasteiger partial charge in [-0.15, -0.1) is 0 Å². The van der Waals surface area contributed by atoms with Crippen molar-refractivity contribution in [1.29, 1.82) is 0 Å². The first-order valence-electron chi connectivity index (χ1n) is 10.4. The van der Waals surface area contributed by atoms with E-state index in [-0.39, 0.29) is 23.2 Å². The van der Waals surface area contributed by atoms with Crippen LogP contribution in [0.25, 0.3) is 0 Å². The summed E-state index contributed by atoms with van der Waals surface area (Å²) in [4.78, 5) is 11.4. The van der Waals surface area contributed by atoms with Gasteiger partial charge in [0.15, 0.2) is 5.79 Å². The topological polar surface area (TPSA) is 101 Å². The number of hydrogen-bond acceptors (Lipinski definition) is 4. The molecule has 0 aliphatic heterocycles. The molecule has 3 N–H and O–H groups in total. The molecule has 2 aliphatic carbocycles. The predicted octanol–water partition coefficient (Wildman–Crippen LogP) is 4.20. The highest BCUT2D eigenvalue weighted by atomic mass is 16.6. The molecule has 6 nitrogen and oxygen atoms in total. The van der Waals surface area contributed by atoms with Crippen molar-refractivity contribution in [2.24, 2.45) is 34.5 Å². The number of carbonyl (C=O) groups is 1. The minimum atomic E-state index is -1.80. The maximum Gasteiger partial charge on any atom is 0.476 e. The molecule has 27 heavy (non-hydrogen) atoms. The average molecular weight is 385 g/mol. The Bertz CT molecular complexity index is 549. The summed E-state index contributed by atoms with van der Waals surface area (Å²) < 4.78 is 0. The van der Waals surface area contributed by atoms with Gasteiger partial charge in [-0.05, 0) is 48.3 Å². The van der Waals surface area contributed by atoms with Crippen molar-refractivity contribution in [2.45, 2.75) is 91.9 Å². The second-order valence-electron chi connectivity index (χ2n) is 10.1. The Balaban J connectivity index is 2.49. The molecule has 0 saturated heterocycles. The Hall–Kier alpha value is -0.850. The number of nitrogens with zero attached hydrogens (tertiary/aromatic N) is 1. The van der Waals surface area contributed by atoms with E-state index in [2.05, 4.69) is 27.7 Å². The number of hydroxylamine groups is 2. The Morgan fingerprint density at radius 1 is 1.22 bits per heavy atom. The van der Waals surface area contributed by atoms with Crippen LogP contribution in [-0.4, -0.2) is 38.4 Å². The summed E-state index contributed by atoms with van der Waals surface area (Å²) in [6.07, 6.45) is 2.53. The molecule has 6 atom stereocenters. The molecule has 0 heterocycles. The molecule has 1 amide bonds. The Morgan fingerprint density at radius 3 is 2.33 bits per heavy atom. The monoisotopic (exact) mass is 384 g/mol. The zero-order valence-electron chi connectivity index (χ0n) is 17.7. The third-order valence-corrected chi connectivity index (χ3v) is 8.31. The van der Waals surface area contributed by atoms with E-state index < -0.39 is 23.3 Å². The van der Waals surface area contributed by atoms with Crippen LogP contribution in [0.4, 0.5) is 4.79 Å².